The zero-order chi connectivity index (χ0) is 13.5. The second-order valence-electron chi connectivity index (χ2n) is 4.87. The van der Waals surface area contributed by atoms with Gasteiger partial charge in [-0.05, 0) is 31.3 Å². The van der Waals surface area contributed by atoms with E-state index in [4.69, 9.17) is 15.9 Å². The molecule has 0 amide bonds. The van der Waals surface area contributed by atoms with Crippen LogP contribution in [0, 0.1) is 30.1 Å². The smallest absolute Gasteiger partial charge is 0.347 e. The van der Waals surface area contributed by atoms with Gasteiger partial charge in [0.2, 0.25) is 6.10 Å². The first-order valence-corrected chi connectivity index (χ1v) is 6.54. The third kappa shape index (κ3) is 3.53. The average molecular weight is 250 g/mol. The van der Waals surface area contributed by atoms with Crippen molar-refractivity contribution < 1.29 is 14.3 Å². The van der Waals surface area contributed by atoms with Crippen LogP contribution in [0.2, 0.25) is 0 Å². The second kappa shape index (κ2) is 7.10. The van der Waals surface area contributed by atoms with Crippen molar-refractivity contribution in [2.24, 2.45) is 17.8 Å². The number of carbonyl (C=O) groups is 1. The van der Waals surface area contributed by atoms with Crippen LogP contribution in [0.25, 0.3) is 0 Å². The summed E-state index contributed by atoms with van der Waals surface area (Å²) in [7, 11) is 0. The van der Waals surface area contributed by atoms with Crippen LogP contribution in [0.4, 0.5) is 0 Å². The first-order valence-electron chi connectivity index (χ1n) is 6.54. The molecule has 0 spiro atoms. The van der Waals surface area contributed by atoms with Gasteiger partial charge in [0, 0.05) is 12.3 Å². The van der Waals surface area contributed by atoms with Gasteiger partial charge in [0.1, 0.15) is 0 Å². The van der Waals surface area contributed by atoms with Gasteiger partial charge < -0.3 is 9.47 Å². The van der Waals surface area contributed by atoms with Crippen molar-refractivity contribution in [3.8, 4) is 12.3 Å². The van der Waals surface area contributed by atoms with E-state index >= 15 is 0 Å². The maximum atomic E-state index is 11.8. The molecule has 0 aliphatic carbocycles. The Kier molecular flexibility index (Phi) is 5.77. The zero-order valence-corrected chi connectivity index (χ0v) is 11.4. The molecular weight excluding hydrogens is 228 g/mol. The summed E-state index contributed by atoms with van der Waals surface area (Å²) in [6.45, 7) is 6.47. The number of ether oxygens (including phenoxy) is 2. The van der Waals surface area contributed by atoms with Gasteiger partial charge in [-0.1, -0.05) is 13.8 Å². The van der Waals surface area contributed by atoms with Crippen molar-refractivity contribution in [1.82, 2.24) is 0 Å². The summed E-state index contributed by atoms with van der Waals surface area (Å²) in [5.41, 5.74) is 0. The molecule has 0 aromatic rings. The molecule has 3 heteroatoms. The minimum atomic E-state index is -0.505. The molecular formula is C15H22O3. The molecule has 2 unspecified atom stereocenters. The van der Waals surface area contributed by atoms with E-state index < -0.39 is 6.10 Å². The summed E-state index contributed by atoms with van der Waals surface area (Å²) in [6, 6.07) is 0. The predicted molar refractivity (Wildman–Crippen MR) is 70.5 cm³/mol. The molecule has 0 fully saturated rings. The van der Waals surface area contributed by atoms with E-state index in [0.29, 0.717) is 18.4 Å². The van der Waals surface area contributed by atoms with Crippen LogP contribution >= 0.6 is 0 Å². The van der Waals surface area contributed by atoms with Gasteiger partial charge >= 0.3 is 5.97 Å². The maximum Gasteiger partial charge on any atom is 0.347 e. The quantitative estimate of drug-likeness (QED) is 0.537. The lowest BCUT2D eigenvalue weighted by molar-refractivity contribution is -0.155. The van der Waals surface area contributed by atoms with Crippen LogP contribution in [-0.2, 0) is 14.3 Å². The van der Waals surface area contributed by atoms with E-state index in [2.05, 4.69) is 19.8 Å². The van der Waals surface area contributed by atoms with Crippen molar-refractivity contribution in [3.05, 3.63) is 12.3 Å². The first-order chi connectivity index (χ1) is 8.61. The zero-order valence-electron chi connectivity index (χ0n) is 11.4. The standard InChI is InChI=1S/C15H22O3/c1-5-7-8-12(11(3)4)13-9-10-18-14(13)15(16)17-6-2/h1,9-14H,6-8H2,2-4H3/t12?,13?,14-/m1/s1. The molecule has 3 atom stereocenters. The van der Waals surface area contributed by atoms with Crippen LogP contribution in [0.1, 0.15) is 33.6 Å². The Morgan fingerprint density at radius 2 is 2.28 bits per heavy atom. The highest BCUT2D eigenvalue weighted by Crippen LogP contribution is 2.34. The third-order valence-corrected chi connectivity index (χ3v) is 3.37. The van der Waals surface area contributed by atoms with E-state index in [0.717, 1.165) is 12.8 Å². The van der Waals surface area contributed by atoms with Gasteiger partial charge in [-0.25, -0.2) is 4.79 Å². The Hall–Kier alpha value is -1.43. The SMILES string of the molecule is C#CCCC(C(C)C)C1C=CO[C@H]1C(=O)OCC. The summed E-state index contributed by atoms with van der Waals surface area (Å²) >= 11 is 0. The molecule has 1 aliphatic rings. The van der Waals surface area contributed by atoms with Gasteiger partial charge in [0.25, 0.3) is 0 Å². The minimum absolute atomic E-state index is 0.0670. The number of esters is 1. The lowest BCUT2D eigenvalue weighted by Crippen LogP contribution is -2.35. The highest BCUT2D eigenvalue weighted by atomic mass is 16.6. The minimum Gasteiger partial charge on any atom is -0.486 e. The summed E-state index contributed by atoms with van der Waals surface area (Å²) in [5, 5.41) is 0. The molecule has 1 aliphatic heterocycles. The highest BCUT2D eigenvalue weighted by Gasteiger charge is 2.38. The first kappa shape index (κ1) is 14.6. The number of carbonyl (C=O) groups excluding carboxylic acids is 1. The molecule has 3 nitrogen and oxygen atoms in total. The van der Waals surface area contributed by atoms with Crippen molar-refractivity contribution in [2.45, 2.75) is 39.7 Å². The average Bonchev–Trinajstić information content (AvgIpc) is 2.78. The van der Waals surface area contributed by atoms with Crippen LogP contribution in [-0.4, -0.2) is 18.7 Å². The van der Waals surface area contributed by atoms with E-state index in [1.165, 1.54) is 0 Å². The topological polar surface area (TPSA) is 35.5 Å². The Morgan fingerprint density at radius 1 is 1.56 bits per heavy atom. The van der Waals surface area contributed by atoms with Gasteiger partial charge in [-0.2, -0.15) is 0 Å². The molecule has 100 valence electrons. The predicted octanol–water partition coefficient (Wildman–Crippen LogP) is 2.76. The van der Waals surface area contributed by atoms with Gasteiger partial charge in [0.05, 0.1) is 12.9 Å². The highest BCUT2D eigenvalue weighted by molar-refractivity contribution is 5.76. The normalized spacial score (nSPS) is 23.5. The fourth-order valence-corrected chi connectivity index (χ4v) is 2.44. The van der Waals surface area contributed by atoms with E-state index in [9.17, 15) is 4.79 Å². The lowest BCUT2D eigenvalue weighted by atomic mass is 9.78. The lowest BCUT2D eigenvalue weighted by Gasteiger charge is -2.28. The van der Waals surface area contributed by atoms with Crippen molar-refractivity contribution >= 4 is 5.97 Å². The van der Waals surface area contributed by atoms with Crippen molar-refractivity contribution in [2.75, 3.05) is 6.61 Å². The fourth-order valence-electron chi connectivity index (χ4n) is 2.44. The van der Waals surface area contributed by atoms with Gasteiger partial charge in [-0.3, -0.25) is 0 Å². The van der Waals surface area contributed by atoms with Crippen LogP contribution in [0.3, 0.4) is 0 Å². The Morgan fingerprint density at radius 3 is 2.83 bits per heavy atom. The Labute approximate surface area is 110 Å². The van der Waals surface area contributed by atoms with Crippen LogP contribution < -0.4 is 0 Å². The Bertz CT molecular complexity index is 338. The van der Waals surface area contributed by atoms with E-state index in [1.54, 1.807) is 13.2 Å². The van der Waals surface area contributed by atoms with E-state index in [-0.39, 0.29) is 11.9 Å². The molecule has 0 saturated heterocycles. The van der Waals surface area contributed by atoms with Gasteiger partial charge in [-0.15, -0.1) is 12.3 Å². The molecule has 0 N–H and O–H groups in total. The van der Waals surface area contributed by atoms with Crippen LogP contribution in [0.5, 0.6) is 0 Å². The summed E-state index contributed by atoms with van der Waals surface area (Å²) < 4.78 is 10.4. The maximum absolute atomic E-state index is 11.8. The third-order valence-electron chi connectivity index (χ3n) is 3.37. The van der Waals surface area contributed by atoms with Gasteiger partial charge in [0.15, 0.2) is 0 Å². The largest absolute Gasteiger partial charge is 0.486 e. The number of rotatable bonds is 6. The number of hydrogen-bond acceptors (Lipinski definition) is 3. The second-order valence-corrected chi connectivity index (χ2v) is 4.87. The monoisotopic (exact) mass is 250 g/mol. The molecule has 0 bridgehead atoms. The van der Waals surface area contributed by atoms with Crippen molar-refractivity contribution in [1.29, 1.82) is 0 Å². The molecule has 1 heterocycles. The molecule has 18 heavy (non-hydrogen) atoms. The van der Waals surface area contributed by atoms with Crippen LogP contribution in [0.15, 0.2) is 12.3 Å². The summed E-state index contributed by atoms with van der Waals surface area (Å²) in [5.74, 6) is 3.25. The summed E-state index contributed by atoms with van der Waals surface area (Å²) in [4.78, 5) is 11.8. The summed E-state index contributed by atoms with van der Waals surface area (Å²) in [6.07, 6.45) is 10.0. The molecule has 0 aromatic heterocycles. The fraction of sp³-hybridized carbons (Fsp3) is 0.667. The Balaban J connectivity index is 2.73. The number of terminal acetylenes is 1. The number of hydrogen-bond donors (Lipinski definition) is 0. The molecule has 0 radical (unpaired) electrons. The molecule has 1 rings (SSSR count). The molecule has 0 aromatic carbocycles. The van der Waals surface area contributed by atoms with Crippen molar-refractivity contribution in [3.63, 3.8) is 0 Å². The molecule has 0 saturated carbocycles. The van der Waals surface area contributed by atoms with E-state index in [1.807, 2.05) is 6.08 Å².